The van der Waals surface area contributed by atoms with Crippen molar-refractivity contribution in [3.05, 3.63) is 47.5 Å². The molecule has 6 nitrogen and oxygen atoms in total. The molecule has 0 aliphatic heterocycles. The minimum atomic E-state index is 0.413. The highest BCUT2D eigenvalue weighted by Crippen LogP contribution is 2.34. The number of thiazole rings is 1. The van der Waals surface area contributed by atoms with Crippen LogP contribution in [0.25, 0.3) is 21.7 Å². The molecule has 2 aromatic carbocycles. The van der Waals surface area contributed by atoms with E-state index in [1.165, 1.54) is 16.5 Å². The molecule has 0 saturated heterocycles. The summed E-state index contributed by atoms with van der Waals surface area (Å²) in [5.74, 6) is 2.42. The number of hydrogen-bond donors (Lipinski definition) is 0. The minimum Gasteiger partial charge on any atom is -0.497 e. The maximum absolute atomic E-state index is 5.78. The van der Waals surface area contributed by atoms with E-state index in [9.17, 15) is 0 Å². The molecule has 4 rings (SSSR count). The number of aromatic nitrogens is 3. The van der Waals surface area contributed by atoms with Gasteiger partial charge in [-0.15, -0.1) is 21.5 Å². The molecule has 0 atom stereocenters. The third-order valence-electron chi connectivity index (χ3n) is 3.70. The number of hydrogen-bond acceptors (Lipinski definition) is 8. The van der Waals surface area contributed by atoms with Gasteiger partial charge in [0.15, 0.2) is 0 Å². The van der Waals surface area contributed by atoms with Crippen molar-refractivity contribution in [1.29, 1.82) is 0 Å². The standard InChI is InChI=1S/C18H15N3O3S2/c1-22-11-7-8-12(14(9-11)23-2)17-20-21-18(24-17)25-10-16-19-13-5-3-4-6-15(13)26-16/h3-9H,10H2,1-2H3. The molecule has 0 fully saturated rings. The van der Waals surface area contributed by atoms with Crippen molar-refractivity contribution in [2.24, 2.45) is 0 Å². The first-order valence-corrected chi connectivity index (χ1v) is 9.60. The van der Waals surface area contributed by atoms with Gasteiger partial charge >= 0.3 is 0 Å². The molecule has 4 aromatic rings. The summed E-state index contributed by atoms with van der Waals surface area (Å²) in [5, 5.41) is 9.77. The molecule has 0 aliphatic carbocycles. The number of fused-ring (bicyclic) bond motifs is 1. The van der Waals surface area contributed by atoms with E-state index >= 15 is 0 Å². The maximum Gasteiger partial charge on any atom is 0.277 e. The first kappa shape index (κ1) is 16.9. The predicted octanol–water partition coefficient (Wildman–Crippen LogP) is 4.66. The summed E-state index contributed by atoms with van der Waals surface area (Å²) in [6.07, 6.45) is 0. The number of para-hydroxylation sites is 1. The van der Waals surface area contributed by atoms with Gasteiger partial charge in [-0.25, -0.2) is 4.98 Å². The Morgan fingerprint density at radius 2 is 1.96 bits per heavy atom. The zero-order valence-electron chi connectivity index (χ0n) is 14.1. The van der Waals surface area contributed by atoms with Crippen molar-refractivity contribution >= 4 is 33.3 Å². The molecule has 0 saturated carbocycles. The smallest absolute Gasteiger partial charge is 0.277 e. The Morgan fingerprint density at radius 1 is 1.08 bits per heavy atom. The van der Waals surface area contributed by atoms with Crippen LogP contribution in [-0.4, -0.2) is 29.4 Å². The topological polar surface area (TPSA) is 70.3 Å². The van der Waals surface area contributed by atoms with Gasteiger partial charge in [-0.2, -0.15) is 0 Å². The van der Waals surface area contributed by atoms with E-state index in [1.807, 2.05) is 30.3 Å². The summed E-state index contributed by atoms with van der Waals surface area (Å²) in [7, 11) is 3.20. The molecule has 0 N–H and O–H groups in total. The molecule has 0 aliphatic rings. The fourth-order valence-corrected chi connectivity index (χ4v) is 4.18. The first-order chi connectivity index (χ1) is 12.8. The maximum atomic E-state index is 5.78. The Labute approximate surface area is 158 Å². The Morgan fingerprint density at radius 3 is 2.77 bits per heavy atom. The SMILES string of the molecule is COc1ccc(-c2nnc(SCc3nc4ccccc4s3)o2)c(OC)c1. The fourth-order valence-electron chi connectivity index (χ4n) is 2.46. The molecule has 0 bridgehead atoms. The van der Waals surface area contributed by atoms with Gasteiger partial charge in [0.25, 0.3) is 11.1 Å². The molecule has 8 heteroatoms. The Bertz CT molecular complexity index is 1010. The molecule has 0 radical (unpaired) electrons. The molecular formula is C18H15N3O3S2. The molecule has 26 heavy (non-hydrogen) atoms. The Kier molecular flexibility index (Phi) is 4.77. The number of methoxy groups -OCH3 is 2. The van der Waals surface area contributed by atoms with Crippen molar-refractivity contribution in [2.75, 3.05) is 14.2 Å². The second kappa shape index (κ2) is 7.35. The van der Waals surface area contributed by atoms with Crippen molar-refractivity contribution < 1.29 is 13.9 Å². The lowest BCUT2D eigenvalue weighted by Gasteiger charge is -2.07. The average molecular weight is 385 g/mol. The van der Waals surface area contributed by atoms with Crippen LogP contribution in [0, 0.1) is 0 Å². The third-order valence-corrected chi connectivity index (χ3v) is 5.75. The molecule has 0 unspecified atom stereocenters. The second-order valence-corrected chi connectivity index (χ2v) is 7.35. The van der Waals surface area contributed by atoms with Crippen LogP contribution in [0.1, 0.15) is 5.01 Å². The Hall–Kier alpha value is -2.58. The third kappa shape index (κ3) is 3.38. The Balaban J connectivity index is 1.51. The zero-order chi connectivity index (χ0) is 17.9. The number of ether oxygens (including phenoxy) is 2. The van der Waals surface area contributed by atoms with Crippen LogP contribution < -0.4 is 9.47 Å². The lowest BCUT2D eigenvalue weighted by Crippen LogP contribution is -1.90. The van der Waals surface area contributed by atoms with Crippen LogP contribution in [-0.2, 0) is 5.75 Å². The summed E-state index contributed by atoms with van der Waals surface area (Å²) in [4.78, 5) is 4.61. The number of rotatable bonds is 6. The second-order valence-electron chi connectivity index (χ2n) is 5.30. The molecule has 0 spiro atoms. The van der Waals surface area contributed by atoms with Gasteiger partial charge < -0.3 is 13.9 Å². The van der Waals surface area contributed by atoms with Crippen molar-refractivity contribution in [3.8, 4) is 23.0 Å². The van der Waals surface area contributed by atoms with E-state index in [-0.39, 0.29) is 0 Å². The van der Waals surface area contributed by atoms with E-state index in [0.717, 1.165) is 16.1 Å². The summed E-state index contributed by atoms with van der Waals surface area (Å²) in [6, 6.07) is 13.6. The molecule has 132 valence electrons. The molecule has 0 amide bonds. The van der Waals surface area contributed by atoms with Gasteiger partial charge in [0.1, 0.15) is 16.5 Å². The van der Waals surface area contributed by atoms with Gasteiger partial charge in [0, 0.05) is 6.07 Å². The summed E-state index contributed by atoms with van der Waals surface area (Å²) < 4.78 is 17.6. The van der Waals surface area contributed by atoms with Crippen LogP contribution in [0.4, 0.5) is 0 Å². The highest BCUT2D eigenvalue weighted by atomic mass is 32.2. The van der Waals surface area contributed by atoms with Gasteiger partial charge in [-0.05, 0) is 24.3 Å². The highest BCUT2D eigenvalue weighted by Gasteiger charge is 2.15. The largest absolute Gasteiger partial charge is 0.497 e. The van der Waals surface area contributed by atoms with E-state index < -0.39 is 0 Å². The molecule has 2 heterocycles. The quantitative estimate of drug-likeness (QED) is 0.447. The first-order valence-electron chi connectivity index (χ1n) is 7.80. The van der Waals surface area contributed by atoms with Gasteiger partial charge in [-0.1, -0.05) is 23.9 Å². The molecular weight excluding hydrogens is 370 g/mol. The van der Waals surface area contributed by atoms with Crippen molar-refractivity contribution in [1.82, 2.24) is 15.2 Å². The van der Waals surface area contributed by atoms with Crippen LogP contribution in [0.2, 0.25) is 0 Å². The van der Waals surface area contributed by atoms with Crippen LogP contribution in [0.5, 0.6) is 11.5 Å². The van der Waals surface area contributed by atoms with Gasteiger partial charge in [-0.3, -0.25) is 0 Å². The van der Waals surface area contributed by atoms with Gasteiger partial charge in [0.2, 0.25) is 0 Å². The number of nitrogens with zero attached hydrogens (tertiary/aromatic N) is 3. The van der Waals surface area contributed by atoms with E-state index in [2.05, 4.69) is 21.2 Å². The van der Waals surface area contributed by atoms with E-state index in [4.69, 9.17) is 13.9 Å². The average Bonchev–Trinajstić information content (AvgIpc) is 3.32. The van der Waals surface area contributed by atoms with E-state index in [0.29, 0.717) is 28.4 Å². The lowest BCUT2D eigenvalue weighted by molar-refractivity contribution is 0.393. The summed E-state index contributed by atoms with van der Waals surface area (Å²) in [5.41, 5.74) is 1.75. The lowest BCUT2D eigenvalue weighted by atomic mass is 10.2. The summed E-state index contributed by atoms with van der Waals surface area (Å²) in [6.45, 7) is 0. The number of benzene rings is 2. The minimum absolute atomic E-state index is 0.413. The van der Waals surface area contributed by atoms with Crippen LogP contribution >= 0.6 is 23.1 Å². The van der Waals surface area contributed by atoms with E-state index in [1.54, 1.807) is 31.6 Å². The highest BCUT2D eigenvalue weighted by molar-refractivity contribution is 7.98. The number of thioether (sulfide) groups is 1. The van der Waals surface area contributed by atoms with Crippen LogP contribution in [0.15, 0.2) is 52.1 Å². The van der Waals surface area contributed by atoms with Crippen molar-refractivity contribution in [3.63, 3.8) is 0 Å². The molecule has 2 aromatic heterocycles. The fraction of sp³-hybridized carbons (Fsp3) is 0.167. The predicted molar refractivity (Wildman–Crippen MR) is 102 cm³/mol. The zero-order valence-corrected chi connectivity index (χ0v) is 15.8. The normalized spacial score (nSPS) is 11.0. The van der Waals surface area contributed by atoms with Crippen LogP contribution in [0.3, 0.4) is 0 Å². The summed E-state index contributed by atoms with van der Waals surface area (Å²) >= 11 is 3.14. The van der Waals surface area contributed by atoms with Gasteiger partial charge in [0.05, 0.1) is 35.8 Å². The van der Waals surface area contributed by atoms with Crippen molar-refractivity contribution in [2.45, 2.75) is 11.0 Å². The monoisotopic (exact) mass is 385 g/mol.